The fourth-order valence-corrected chi connectivity index (χ4v) is 3.13. The Labute approximate surface area is 131 Å². The van der Waals surface area contributed by atoms with Gasteiger partial charge in [-0.15, -0.1) is 10.2 Å². The van der Waals surface area contributed by atoms with Crippen LogP contribution in [0.25, 0.3) is 0 Å². The van der Waals surface area contributed by atoms with E-state index in [0.717, 1.165) is 38.2 Å². The molecular weight excluding hydrogens is 276 g/mol. The summed E-state index contributed by atoms with van der Waals surface area (Å²) in [5.41, 5.74) is 1.22. The Morgan fingerprint density at radius 3 is 2.86 bits per heavy atom. The third kappa shape index (κ3) is 3.35. The third-order valence-corrected chi connectivity index (χ3v) is 4.36. The van der Waals surface area contributed by atoms with Gasteiger partial charge in [0.1, 0.15) is 12.2 Å². The molecule has 1 aliphatic rings. The van der Waals surface area contributed by atoms with Crippen LogP contribution in [-0.4, -0.2) is 38.7 Å². The minimum Gasteiger partial charge on any atom is -0.342 e. The third-order valence-electron chi connectivity index (χ3n) is 4.36. The Morgan fingerprint density at radius 2 is 2.14 bits per heavy atom. The highest BCUT2D eigenvalue weighted by Gasteiger charge is 2.27. The lowest BCUT2D eigenvalue weighted by Gasteiger charge is -2.32. The zero-order chi connectivity index (χ0) is 15.4. The second kappa shape index (κ2) is 6.73. The Morgan fingerprint density at radius 1 is 1.32 bits per heavy atom. The topological polar surface area (TPSA) is 51.0 Å². The molecule has 5 heteroatoms. The summed E-state index contributed by atoms with van der Waals surface area (Å²) in [6, 6.07) is 10.2. The van der Waals surface area contributed by atoms with Gasteiger partial charge in [0.05, 0.1) is 0 Å². The minimum atomic E-state index is 0.246. The van der Waals surface area contributed by atoms with E-state index in [0.29, 0.717) is 12.3 Å². The number of rotatable bonds is 4. The van der Waals surface area contributed by atoms with Crippen molar-refractivity contribution in [2.75, 3.05) is 13.1 Å². The molecule has 1 aliphatic heterocycles. The number of benzene rings is 1. The molecule has 0 N–H and O–H groups in total. The van der Waals surface area contributed by atoms with Crippen LogP contribution < -0.4 is 0 Å². The number of carbonyl (C=O) groups excluding carboxylic acids is 1. The molecule has 2 aromatic rings. The summed E-state index contributed by atoms with van der Waals surface area (Å²) >= 11 is 0. The van der Waals surface area contributed by atoms with Gasteiger partial charge in [-0.2, -0.15) is 0 Å². The number of hydrogen-bond acceptors (Lipinski definition) is 3. The number of hydrogen-bond donors (Lipinski definition) is 0. The summed E-state index contributed by atoms with van der Waals surface area (Å²) in [4.78, 5) is 14.4. The number of carbonyl (C=O) groups is 1. The first-order valence-electron chi connectivity index (χ1n) is 7.89. The smallest absolute Gasteiger partial charge is 0.222 e. The second-order valence-electron chi connectivity index (χ2n) is 5.96. The average molecular weight is 298 g/mol. The van der Waals surface area contributed by atoms with Crippen LogP contribution in [0.5, 0.6) is 0 Å². The molecule has 1 aromatic heterocycles. The van der Waals surface area contributed by atoms with Gasteiger partial charge in [0.2, 0.25) is 5.91 Å². The van der Waals surface area contributed by atoms with Gasteiger partial charge < -0.3 is 9.47 Å². The Balaban J connectivity index is 1.57. The first-order valence-corrected chi connectivity index (χ1v) is 7.89. The van der Waals surface area contributed by atoms with Crippen molar-refractivity contribution < 1.29 is 4.79 Å². The summed E-state index contributed by atoms with van der Waals surface area (Å²) in [5.74, 6) is 1.54. The van der Waals surface area contributed by atoms with Crippen LogP contribution >= 0.6 is 0 Å². The van der Waals surface area contributed by atoms with E-state index in [1.807, 2.05) is 34.7 Å². The molecule has 116 valence electrons. The molecule has 3 rings (SSSR count). The zero-order valence-electron chi connectivity index (χ0n) is 13.0. The van der Waals surface area contributed by atoms with Crippen molar-refractivity contribution in [2.45, 2.75) is 31.6 Å². The van der Waals surface area contributed by atoms with Gasteiger partial charge in [-0.05, 0) is 24.8 Å². The van der Waals surface area contributed by atoms with E-state index in [4.69, 9.17) is 0 Å². The molecule has 1 fully saturated rings. The number of amides is 1. The van der Waals surface area contributed by atoms with E-state index < -0.39 is 0 Å². The molecule has 1 aromatic carbocycles. The molecule has 0 saturated carbocycles. The summed E-state index contributed by atoms with van der Waals surface area (Å²) in [7, 11) is 1.96. The molecule has 1 atom stereocenters. The normalized spacial score (nSPS) is 18.4. The van der Waals surface area contributed by atoms with Crippen LogP contribution in [0.15, 0.2) is 36.7 Å². The van der Waals surface area contributed by atoms with Crippen molar-refractivity contribution in [1.82, 2.24) is 19.7 Å². The summed E-state index contributed by atoms with van der Waals surface area (Å²) in [6.45, 7) is 1.63. The maximum atomic E-state index is 12.5. The molecule has 0 aliphatic carbocycles. The van der Waals surface area contributed by atoms with Crippen LogP contribution in [-0.2, 0) is 18.3 Å². The summed E-state index contributed by atoms with van der Waals surface area (Å²) in [6.07, 6.45) is 5.23. The standard InChI is InChI=1S/C17H22N4O/c1-20-13-18-19-17(20)15-8-5-11-21(12-15)16(22)10-9-14-6-3-2-4-7-14/h2-4,6-7,13,15H,5,8-12H2,1H3/t15-/m0/s1. The van der Waals surface area contributed by atoms with E-state index in [1.165, 1.54) is 5.56 Å². The molecule has 22 heavy (non-hydrogen) atoms. The fourth-order valence-electron chi connectivity index (χ4n) is 3.13. The van der Waals surface area contributed by atoms with Crippen LogP contribution in [0.3, 0.4) is 0 Å². The largest absolute Gasteiger partial charge is 0.342 e. The Kier molecular flexibility index (Phi) is 4.51. The van der Waals surface area contributed by atoms with Crippen LogP contribution in [0.2, 0.25) is 0 Å². The molecule has 1 saturated heterocycles. The number of aryl methyl sites for hydroxylation is 2. The highest BCUT2D eigenvalue weighted by atomic mass is 16.2. The Hall–Kier alpha value is -2.17. The first kappa shape index (κ1) is 14.8. The predicted molar refractivity (Wildman–Crippen MR) is 84.3 cm³/mol. The highest BCUT2D eigenvalue weighted by Crippen LogP contribution is 2.25. The second-order valence-corrected chi connectivity index (χ2v) is 5.96. The highest BCUT2D eigenvalue weighted by molar-refractivity contribution is 5.76. The van der Waals surface area contributed by atoms with Crippen molar-refractivity contribution in [3.8, 4) is 0 Å². The van der Waals surface area contributed by atoms with E-state index in [2.05, 4.69) is 22.3 Å². The number of likely N-dealkylation sites (tertiary alicyclic amines) is 1. The maximum absolute atomic E-state index is 12.5. The van der Waals surface area contributed by atoms with Crippen LogP contribution in [0.1, 0.15) is 36.6 Å². The number of aromatic nitrogens is 3. The maximum Gasteiger partial charge on any atom is 0.222 e. The van der Waals surface area contributed by atoms with Gasteiger partial charge in [0.15, 0.2) is 0 Å². The van der Waals surface area contributed by atoms with Gasteiger partial charge in [-0.25, -0.2) is 0 Å². The zero-order valence-corrected chi connectivity index (χ0v) is 13.0. The molecule has 0 bridgehead atoms. The van der Waals surface area contributed by atoms with Gasteiger partial charge in [-0.1, -0.05) is 30.3 Å². The van der Waals surface area contributed by atoms with Gasteiger partial charge in [0.25, 0.3) is 0 Å². The van der Waals surface area contributed by atoms with E-state index in [9.17, 15) is 4.79 Å². The quantitative estimate of drug-likeness (QED) is 0.869. The van der Waals surface area contributed by atoms with Crippen LogP contribution in [0, 0.1) is 0 Å². The average Bonchev–Trinajstić information content (AvgIpc) is 3.00. The molecule has 2 heterocycles. The van der Waals surface area contributed by atoms with E-state index >= 15 is 0 Å². The van der Waals surface area contributed by atoms with Crippen molar-refractivity contribution in [1.29, 1.82) is 0 Å². The van der Waals surface area contributed by atoms with Gasteiger partial charge in [-0.3, -0.25) is 4.79 Å². The lowest BCUT2D eigenvalue weighted by atomic mass is 9.96. The predicted octanol–water partition coefficient (Wildman–Crippen LogP) is 2.15. The van der Waals surface area contributed by atoms with Crippen molar-refractivity contribution in [3.63, 3.8) is 0 Å². The van der Waals surface area contributed by atoms with Crippen LogP contribution in [0.4, 0.5) is 0 Å². The summed E-state index contributed by atoms with van der Waals surface area (Å²) < 4.78 is 1.96. The molecule has 5 nitrogen and oxygen atoms in total. The minimum absolute atomic E-state index is 0.246. The lowest BCUT2D eigenvalue weighted by Crippen LogP contribution is -2.39. The monoisotopic (exact) mass is 298 g/mol. The Bertz CT molecular complexity index is 623. The van der Waals surface area contributed by atoms with Gasteiger partial charge in [0, 0.05) is 32.5 Å². The van der Waals surface area contributed by atoms with Gasteiger partial charge >= 0.3 is 0 Å². The first-order chi connectivity index (χ1) is 10.7. The molecule has 0 unspecified atom stereocenters. The van der Waals surface area contributed by atoms with Crippen molar-refractivity contribution in [3.05, 3.63) is 48.0 Å². The van der Waals surface area contributed by atoms with Crippen molar-refractivity contribution >= 4 is 5.91 Å². The molecule has 1 amide bonds. The fraction of sp³-hybridized carbons (Fsp3) is 0.471. The SMILES string of the molecule is Cn1cnnc1[C@H]1CCCN(C(=O)CCc2ccccc2)C1. The molecular formula is C17H22N4O. The lowest BCUT2D eigenvalue weighted by molar-refractivity contribution is -0.132. The van der Waals surface area contributed by atoms with Crippen molar-refractivity contribution in [2.24, 2.45) is 7.05 Å². The van der Waals surface area contributed by atoms with E-state index in [-0.39, 0.29) is 5.91 Å². The number of piperidine rings is 1. The molecule has 0 radical (unpaired) electrons. The summed E-state index contributed by atoms with van der Waals surface area (Å²) in [5, 5.41) is 8.15. The molecule has 0 spiro atoms. The number of nitrogens with zero attached hydrogens (tertiary/aromatic N) is 4. The van der Waals surface area contributed by atoms with E-state index in [1.54, 1.807) is 6.33 Å².